The van der Waals surface area contributed by atoms with Crippen molar-refractivity contribution < 1.29 is 19.2 Å². The Bertz CT molecular complexity index is 1500. The second kappa shape index (κ2) is 14.9. The number of hydrogen-bond donors (Lipinski definition) is 1. The Morgan fingerprint density at radius 1 is 0.833 bits per heavy atom. The fourth-order valence-electron chi connectivity index (χ4n) is 8.80. The van der Waals surface area contributed by atoms with Gasteiger partial charge in [-0.3, -0.25) is 19.2 Å². The maximum Gasteiger partial charge on any atom is 0.248 e. The van der Waals surface area contributed by atoms with E-state index in [2.05, 4.69) is 28.4 Å². The molecule has 2 atom stereocenters. The number of carbonyl (C=O) groups excluding carboxylic acids is 4. The highest BCUT2D eigenvalue weighted by atomic mass is 16.2. The lowest BCUT2D eigenvalue weighted by Crippen LogP contribution is -2.62. The van der Waals surface area contributed by atoms with Gasteiger partial charge < -0.3 is 20.0 Å². The van der Waals surface area contributed by atoms with Crippen molar-refractivity contribution in [1.29, 1.82) is 0 Å². The number of amides is 3. The molecule has 3 heterocycles. The SMILES string of the molecule is Cc1ccc(CC(=O)N[C@@](C)(CC(=O)N2CCC(C3Cc4ccccc4CC3=O)CC2)C(=O)N2CCC(N3CCCCC3)CC2)c(C)c1. The van der Waals surface area contributed by atoms with E-state index < -0.39 is 5.54 Å². The Labute approximate surface area is 286 Å². The lowest BCUT2D eigenvalue weighted by Gasteiger charge is -2.43. The topological polar surface area (TPSA) is 90.0 Å². The highest BCUT2D eigenvalue weighted by Gasteiger charge is 2.43. The maximum atomic E-state index is 14.3. The van der Waals surface area contributed by atoms with E-state index in [9.17, 15) is 19.2 Å². The second-order valence-corrected chi connectivity index (χ2v) is 15.2. The molecular weight excluding hydrogens is 600 g/mol. The van der Waals surface area contributed by atoms with Crippen LogP contribution in [0.3, 0.4) is 0 Å². The number of hydrogen-bond acceptors (Lipinski definition) is 5. The number of piperidine rings is 3. The Kier molecular flexibility index (Phi) is 10.7. The van der Waals surface area contributed by atoms with Gasteiger partial charge in [-0.1, -0.05) is 54.4 Å². The number of rotatable bonds is 8. The first-order valence-electron chi connectivity index (χ1n) is 18.4. The van der Waals surface area contributed by atoms with Crippen molar-refractivity contribution in [3.63, 3.8) is 0 Å². The average molecular weight is 655 g/mol. The molecule has 3 fully saturated rings. The maximum absolute atomic E-state index is 14.3. The predicted octanol–water partition coefficient (Wildman–Crippen LogP) is 4.81. The fraction of sp³-hybridized carbons (Fsp3) is 0.600. The first-order chi connectivity index (χ1) is 23.1. The van der Waals surface area contributed by atoms with Gasteiger partial charge in [0.1, 0.15) is 11.3 Å². The Morgan fingerprint density at radius 3 is 2.19 bits per heavy atom. The van der Waals surface area contributed by atoms with E-state index in [-0.39, 0.29) is 42.4 Å². The van der Waals surface area contributed by atoms with Gasteiger partial charge in [0.05, 0.1) is 12.8 Å². The van der Waals surface area contributed by atoms with Crippen LogP contribution in [0.25, 0.3) is 0 Å². The third-order valence-corrected chi connectivity index (χ3v) is 11.7. The molecular formula is C40H54N4O4. The van der Waals surface area contributed by atoms with Gasteiger partial charge in [-0.2, -0.15) is 0 Å². The van der Waals surface area contributed by atoms with Gasteiger partial charge in [-0.05, 0) is 107 Å². The van der Waals surface area contributed by atoms with Crippen LogP contribution in [-0.2, 0) is 38.4 Å². The molecule has 4 aliphatic rings. The second-order valence-electron chi connectivity index (χ2n) is 15.2. The fourth-order valence-corrected chi connectivity index (χ4v) is 8.80. The van der Waals surface area contributed by atoms with Crippen LogP contribution in [0.15, 0.2) is 42.5 Å². The van der Waals surface area contributed by atoms with E-state index in [4.69, 9.17) is 0 Å². The third-order valence-electron chi connectivity index (χ3n) is 11.7. The van der Waals surface area contributed by atoms with Crippen molar-refractivity contribution in [3.8, 4) is 0 Å². The standard InChI is InChI=1S/C40H54N4O4/c1-28-11-12-31(29(2)23-28)26-37(46)41-40(3,39(48)44-21-15-34(16-22-44)42-17-7-4-8-18-42)27-38(47)43-19-13-30(14-20-43)35-24-32-9-5-6-10-33(32)25-36(35)45/h5-6,9-12,23,30,34-35H,4,7-8,13-22,24-27H2,1-3H3,(H,41,46)/t35?,40-/m0/s1. The van der Waals surface area contributed by atoms with Crippen LogP contribution < -0.4 is 5.32 Å². The van der Waals surface area contributed by atoms with Crippen LogP contribution in [0.1, 0.15) is 86.1 Å². The average Bonchev–Trinajstić information content (AvgIpc) is 3.09. The lowest BCUT2D eigenvalue weighted by atomic mass is 9.73. The van der Waals surface area contributed by atoms with Crippen molar-refractivity contribution in [2.75, 3.05) is 39.3 Å². The molecule has 0 radical (unpaired) electrons. The molecule has 8 nitrogen and oxygen atoms in total. The summed E-state index contributed by atoms with van der Waals surface area (Å²) in [5, 5.41) is 3.07. The summed E-state index contributed by atoms with van der Waals surface area (Å²) in [6.07, 6.45) is 8.54. The number of fused-ring (bicyclic) bond motifs is 1. The summed E-state index contributed by atoms with van der Waals surface area (Å²) in [7, 11) is 0. The van der Waals surface area contributed by atoms with E-state index >= 15 is 0 Å². The summed E-state index contributed by atoms with van der Waals surface area (Å²) in [6, 6.07) is 14.8. The number of Topliss-reactive ketones (excluding diaryl/α,β-unsaturated/α-hetero) is 1. The summed E-state index contributed by atoms with van der Waals surface area (Å²) in [5.41, 5.74) is 4.17. The van der Waals surface area contributed by atoms with Crippen LogP contribution in [0.2, 0.25) is 0 Å². The van der Waals surface area contributed by atoms with E-state index in [1.807, 2.05) is 47.9 Å². The minimum Gasteiger partial charge on any atom is -0.343 e. The van der Waals surface area contributed by atoms with E-state index in [1.54, 1.807) is 6.92 Å². The van der Waals surface area contributed by atoms with Gasteiger partial charge >= 0.3 is 0 Å². The number of nitrogens with zero attached hydrogens (tertiary/aromatic N) is 3. The van der Waals surface area contributed by atoms with E-state index in [1.165, 1.54) is 24.8 Å². The zero-order valence-electron chi connectivity index (χ0n) is 29.3. The molecule has 48 heavy (non-hydrogen) atoms. The van der Waals surface area contributed by atoms with E-state index in [0.29, 0.717) is 44.4 Å². The molecule has 0 aromatic heterocycles. The zero-order chi connectivity index (χ0) is 33.8. The van der Waals surface area contributed by atoms with Gasteiger partial charge in [0.15, 0.2) is 0 Å². The number of carbonyl (C=O) groups is 4. The smallest absolute Gasteiger partial charge is 0.248 e. The highest BCUT2D eigenvalue weighted by Crippen LogP contribution is 2.34. The number of aryl methyl sites for hydroxylation is 2. The molecule has 2 aromatic carbocycles. The van der Waals surface area contributed by atoms with Gasteiger partial charge in [0.25, 0.3) is 0 Å². The predicted molar refractivity (Wildman–Crippen MR) is 187 cm³/mol. The minimum atomic E-state index is -1.34. The van der Waals surface area contributed by atoms with E-state index in [0.717, 1.165) is 67.4 Å². The van der Waals surface area contributed by atoms with Crippen molar-refractivity contribution in [2.24, 2.45) is 11.8 Å². The normalized spacial score (nSPS) is 22.6. The summed E-state index contributed by atoms with van der Waals surface area (Å²) in [6.45, 7) is 10.5. The molecule has 6 rings (SSSR count). The number of ketones is 1. The molecule has 1 unspecified atom stereocenters. The largest absolute Gasteiger partial charge is 0.343 e. The summed E-state index contributed by atoms with van der Waals surface area (Å²) in [5.74, 6) is 0.0432. The lowest BCUT2D eigenvalue weighted by molar-refractivity contribution is -0.147. The van der Waals surface area contributed by atoms with Crippen molar-refractivity contribution >= 4 is 23.5 Å². The monoisotopic (exact) mass is 654 g/mol. The van der Waals surface area contributed by atoms with Gasteiger partial charge in [0, 0.05) is 44.6 Å². The Hall–Kier alpha value is -3.52. The van der Waals surface area contributed by atoms with Crippen LogP contribution in [-0.4, -0.2) is 89.1 Å². The van der Waals surface area contributed by atoms with Gasteiger partial charge in [-0.15, -0.1) is 0 Å². The zero-order valence-corrected chi connectivity index (χ0v) is 29.3. The van der Waals surface area contributed by atoms with Crippen molar-refractivity contribution in [1.82, 2.24) is 20.0 Å². The van der Waals surface area contributed by atoms with Crippen molar-refractivity contribution in [2.45, 2.75) is 103 Å². The quantitative estimate of drug-likeness (QED) is 0.442. The first-order valence-corrected chi connectivity index (χ1v) is 18.4. The molecule has 3 amide bonds. The first kappa shape index (κ1) is 34.3. The Morgan fingerprint density at radius 2 is 1.50 bits per heavy atom. The number of likely N-dealkylation sites (tertiary alicyclic amines) is 3. The molecule has 3 saturated heterocycles. The van der Waals surface area contributed by atoms with Crippen LogP contribution in [0, 0.1) is 25.7 Å². The van der Waals surface area contributed by atoms with Crippen molar-refractivity contribution in [3.05, 3.63) is 70.3 Å². The molecule has 2 aromatic rings. The molecule has 1 N–H and O–H groups in total. The molecule has 0 spiro atoms. The number of benzene rings is 2. The Balaban J connectivity index is 1.11. The molecule has 0 bridgehead atoms. The van der Waals surface area contributed by atoms with Crippen LogP contribution in [0.5, 0.6) is 0 Å². The molecule has 258 valence electrons. The molecule has 3 aliphatic heterocycles. The van der Waals surface area contributed by atoms with Crippen LogP contribution >= 0.6 is 0 Å². The molecule has 8 heteroatoms. The highest BCUT2D eigenvalue weighted by molar-refractivity contribution is 5.96. The molecule has 1 aliphatic carbocycles. The summed E-state index contributed by atoms with van der Waals surface area (Å²) < 4.78 is 0. The molecule has 0 saturated carbocycles. The van der Waals surface area contributed by atoms with Gasteiger partial charge in [-0.25, -0.2) is 0 Å². The third kappa shape index (κ3) is 7.85. The number of nitrogens with one attached hydrogen (secondary N) is 1. The minimum absolute atomic E-state index is 0.00128. The summed E-state index contributed by atoms with van der Waals surface area (Å²) in [4.78, 5) is 61.2. The van der Waals surface area contributed by atoms with Gasteiger partial charge in [0.2, 0.25) is 17.7 Å². The van der Waals surface area contributed by atoms with Crippen LogP contribution in [0.4, 0.5) is 0 Å². The summed E-state index contributed by atoms with van der Waals surface area (Å²) >= 11 is 0.